The molecule has 0 N–H and O–H groups in total. The summed E-state index contributed by atoms with van der Waals surface area (Å²) in [5, 5.41) is 5.59. The fourth-order valence-electron chi connectivity index (χ4n) is 5.18. The maximum Gasteiger partial charge on any atom is 0.417 e. The first-order valence-corrected chi connectivity index (χ1v) is 17.5. The van der Waals surface area contributed by atoms with Crippen molar-refractivity contribution in [3.05, 3.63) is 128 Å². The van der Waals surface area contributed by atoms with Gasteiger partial charge in [-0.15, -0.1) is 22.7 Å². The number of nitrogens with zero attached hydrogens (tertiary/aromatic N) is 3. The number of rotatable bonds is 15. The molecule has 0 aliphatic carbocycles. The Morgan fingerprint density at radius 2 is 1.44 bits per heavy atom. The predicted molar refractivity (Wildman–Crippen MR) is 191 cm³/mol. The first kappa shape index (κ1) is 32.9. The van der Waals surface area contributed by atoms with Crippen molar-refractivity contribution in [3.8, 4) is 11.5 Å². The molecular formula is C38H35N3O5S2. The lowest BCUT2D eigenvalue weighted by Crippen LogP contribution is -2.31. The summed E-state index contributed by atoms with van der Waals surface area (Å²) in [7, 11) is 1.63. The number of amides is 2. The molecule has 2 amide bonds. The Kier molecular flexibility index (Phi) is 11.1. The molecule has 5 aromatic rings. The number of thiazole rings is 2. The average molecular weight is 678 g/mol. The van der Waals surface area contributed by atoms with Crippen LogP contribution in [0.3, 0.4) is 0 Å². The normalized spacial score (nSPS) is 14.7. The zero-order valence-corrected chi connectivity index (χ0v) is 28.1. The van der Waals surface area contributed by atoms with Crippen LogP contribution in [0.5, 0.6) is 11.5 Å². The van der Waals surface area contributed by atoms with E-state index in [1.165, 1.54) is 11.3 Å². The van der Waals surface area contributed by atoms with Crippen LogP contribution in [-0.2, 0) is 29.1 Å². The lowest BCUT2D eigenvalue weighted by molar-refractivity contribution is -0.130. The molecule has 6 rings (SSSR count). The second-order valence-electron chi connectivity index (χ2n) is 11.2. The van der Waals surface area contributed by atoms with E-state index in [4.69, 9.17) is 14.2 Å². The Balaban J connectivity index is 0.938. The molecule has 1 atom stereocenters. The minimum atomic E-state index is -0.765. The van der Waals surface area contributed by atoms with Gasteiger partial charge in [-0.05, 0) is 66.7 Å². The highest BCUT2D eigenvalue weighted by molar-refractivity contribution is 7.10. The highest BCUT2D eigenvalue weighted by Crippen LogP contribution is 2.30. The van der Waals surface area contributed by atoms with E-state index >= 15 is 0 Å². The largest absolute Gasteiger partial charge is 0.493 e. The average Bonchev–Trinajstić information content (AvgIpc) is 3.85. The van der Waals surface area contributed by atoms with Crippen LogP contribution in [0.4, 0.5) is 4.79 Å². The van der Waals surface area contributed by atoms with Crippen molar-refractivity contribution < 1.29 is 23.8 Å². The highest BCUT2D eigenvalue weighted by Gasteiger charge is 2.40. The van der Waals surface area contributed by atoms with Crippen molar-refractivity contribution in [2.24, 2.45) is 0 Å². The van der Waals surface area contributed by atoms with Gasteiger partial charge in [-0.3, -0.25) is 4.79 Å². The standard InChI is InChI=1S/C38H35N3O5S2/c1-44-34-22-29(16-19-32(34)45-24-31-26-48-36(40-31)21-18-28-12-6-3-7-13-28)14-8-9-15-33-37(42)41(38(43)46-33)23-30-25-47-35(39-30)20-17-27-10-4-2-5-11-27/h2-7,10-13,16-22,25-26,33H,8-9,14-15,23-24H2,1H3. The van der Waals surface area contributed by atoms with Crippen molar-refractivity contribution in [1.82, 2.24) is 14.9 Å². The number of ether oxygens (including phenoxy) is 3. The van der Waals surface area contributed by atoms with Crippen LogP contribution in [0.25, 0.3) is 24.3 Å². The number of aromatic nitrogens is 2. The second kappa shape index (κ2) is 16.2. The van der Waals surface area contributed by atoms with E-state index in [9.17, 15) is 9.59 Å². The van der Waals surface area contributed by atoms with Gasteiger partial charge in [0.15, 0.2) is 17.6 Å². The van der Waals surface area contributed by atoms with Gasteiger partial charge in [0.1, 0.15) is 16.6 Å². The zero-order chi connectivity index (χ0) is 33.1. The van der Waals surface area contributed by atoms with Crippen LogP contribution in [0.2, 0.25) is 0 Å². The molecule has 1 unspecified atom stereocenters. The second-order valence-corrected chi connectivity index (χ2v) is 12.9. The van der Waals surface area contributed by atoms with E-state index in [1.807, 2.05) is 102 Å². The summed E-state index contributed by atoms with van der Waals surface area (Å²) in [6.07, 6.45) is 9.40. The molecule has 1 saturated heterocycles. The third-order valence-corrected chi connectivity index (χ3v) is 9.40. The molecule has 1 aliphatic rings. The molecule has 3 aromatic carbocycles. The first-order chi connectivity index (χ1) is 23.5. The molecular weight excluding hydrogens is 643 g/mol. The van der Waals surface area contributed by atoms with Crippen molar-refractivity contribution in [2.75, 3.05) is 7.11 Å². The van der Waals surface area contributed by atoms with Gasteiger partial charge in [0.25, 0.3) is 5.91 Å². The number of hydrogen-bond acceptors (Lipinski definition) is 9. The molecule has 0 saturated carbocycles. The minimum absolute atomic E-state index is 0.104. The van der Waals surface area contributed by atoms with E-state index in [0.29, 0.717) is 30.2 Å². The molecule has 48 heavy (non-hydrogen) atoms. The first-order valence-electron chi connectivity index (χ1n) is 15.7. The molecule has 0 spiro atoms. The number of benzene rings is 3. The number of unbranched alkanes of at least 4 members (excludes halogenated alkanes) is 1. The van der Waals surface area contributed by atoms with Gasteiger partial charge in [0, 0.05) is 10.8 Å². The maximum atomic E-state index is 13.0. The molecule has 0 radical (unpaired) electrons. The SMILES string of the molecule is COc1cc(CCCCC2OC(=O)N(Cc3csc(C=Cc4ccccc4)n3)C2=O)ccc1OCc1csc(C=Cc2ccccc2)n1. The van der Waals surface area contributed by atoms with Crippen molar-refractivity contribution >= 4 is 59.0 Å². The number of cyclic esters (lactones) is 1. The van der Waals surface area contributed by atoms with E-state index in [0.717, 1.165) is 56.6 Å². The van der Waals surface area contributed by atoms with E-state index < -0.39 is 12.2 Å². The number of carbonyl (C=O) groups is 2. The van der Waals surface area contributed by atoms with Gasteiger partial charge in [-0.25, -0.2) is 19.7 Å². The number of hydrogen-bond donors (Lipinski definition) is 0. The lowest BCUT2D eigenvalue weighted by atomic mass is 10.0. The van der Waals surface area contributed by atoms with Crippen LogP contribution in [0, 0.1) is 0 Å². The lowest BCUT2D eigenvalue weighted by Gasteiger charge is -2.12. The van der Waals surface area contributed by atoms with E-state index in [1.54, 1.807) is 18.4 Å². The molecule has 10 heteroatoms. The summed E-state index contributed by atoms with van der Waals surface area (Å²) >= 11 is 3.04. The number of imide groups is 1. The van der Waals surface area contributed by atoms with Gasteiger partial charge in [0.05, 0.1) is 25.0 Å². The maximum absolute atomic E-state index is 13.0. The summed E-state index contributed by atoms with van der Waals surface area (Å²) in [5.41, 5.74) is 4.81. The third-order valence-electron chi connectivity index (χ3n) is 7.69. The fraction of sp³-hybridized carbons (Fsp3) is 0.211. The Hall–Kier alpha value is -5.06. The fourth-order valence-corrected chi connectivity index (χ4v) is 6.58. The summed E-state index contributed by atoms with van der Waals surface area (Å²) in [4.78, 5) is 35.9. The van der Waals surface area contributed by atoms with E-state index in [2.05, 4.69) is 22.1 Å². The third kappa shape index (κ3) is 8.84. The van der Waals surface area contributed by atoms with Crippen LogP contribution >= 0.6 is 22.7 Å². The van der Waals surface area contributed by atoms with E-state index in [-0.39, 0.29) is 12.5 Å². The number of methoxy groups -OCH3 is 1. The Labute approximate surface area is 288 Å². The summed E-state index contributed by atoms with van der Waals surface area (Å²) in [5.74, 6) is 0.999. The summed E-state index contributed by atoms with van der Waals surface area (Å²) < 4.78 is 17.1. The van der Waals surface area contributed by atoms with Crippen LogP contribution in [0.15, 0.2) is 89.6 Å². The van der Waals surface area contributed by atoms with Gasteiger partial charge >= 0.3 is 6.09 Å². The van der Waals surface area contributed by atoms with Crippen molar-refractivity contribution in [1.29, 1.82) is 0 Å². The van der Waals surface area contributed by atoms with Crippen LogP contribution in [0.1, 0.15) is 57.4 Å². The molecule has 1 fully saturated rings. The molecule has 3 heterocycles. The smallest absolute Gasteiger partial charge is 0.417 e. The number of carbonyl (C=O) groups excluding carboxylic acids is 2. The molecule has 0 bridgehead atoms. The molecule has 1 aliphatic heterocycles. The summed E-state index contributed by atoms with van der Waals surface area (Å²) in [6, 6.07) is 26.0. The quantitative estimate of drug-likeness (QED) is 0.102. The zero-order valence-electron chi connectivity index (χ0n) is 26.5. The minimum Gasteiger partial charge on any atom is -0.493 e. The van der Waals surface area contributed by atoms with Crippen LogP contribution in [-0.4, -0.2) is 40.1 Å². The van der Waals surface area contributed by atoms with Gasteiger partial charge in [0.2, 0.25) is 0 Å². The van der Waals surface area contributed by atoms with Crippen molar-refractivity contribution in [3.63, 3.8) is 0 Å². The van der Waals surface area contributed by atoms with Gasteiger partial charge < -0.3 is 14.2 Å². The van der Waals surface area contributed by atoms with Gasteiger partial charge in [-0.1, -0.05) is 78.9 Å². The van der Waals surface area contributed by atoms with Crippen molar-refractivity contribution in [2.45, 2.75) is 44.9 Å². The highest BCUT2D eigenvalue weighted by atomic mass is 32.1. The monoisotopic (exact) mass is 677 g/mol. The molecule has 8 nitrogen and oxygen atoms in total. The Morgan fingerprint density at radius 1 is 0.792 bits per heavy atom. The molecule has 2 aromatic heterocycles. The molecule has 244 valence electrons. The van der Waals surface area contributed by atoms with Crippen LogP contribution < -0.4 is 9.47 Å². The van der Waals surface area contributed by atoms with Gasteiger partial charge in [-0.2, -0.15) is 0 Å². The number of aryl methyl sites for hydroxylation is 1. The predicted octanol–water partition coefficient (Wildman–Crippen LogP) is 8.79. The summed E-state index contributed by atoms with van der Waals surface area (Å²) in [6.45, 7) is 0.443. The Bertz CT molecular complexity index is 1880. The Morgan fingerprint density at radius 3 is 2.10 bits per heavy atom. The topological polar surface area (TPSA) is 90.9 Å².